The van der Waals surface area contributed by atoms with Crippen LogP contribution in [-0.4, -0.2) is 30.4 Å². The maximum atomic E-state index is 12.4. The lowest BCUT2D eigenvalue weighted by Gasteiger charge is -2.25. The Kier molecular flexibility index (Phi) is 4.85. The average Bonchev–Trinajstić information content (AvgIpc) is 3.03. The van der Waals surface area contributed by atoms with E-state index in [1.807, 2.05) is 35.2 Å². The lowest BCUT2D eigenvalue weighted by atomic mass is 10.1. The van der Waals surface area contributed by atoms with E-state index in [4.69, 9.17) is 4.74 Å². The number of amides is 2. The summed E-state index contributed by atoms with van der Waals surface area (Å²) in [6.45, 7) is 3.40. The van der Waals surface area contributed by atoms with Gasteiger partial charge in [-0.1, -0.05) is 12.1 Å². The van der Waals surface area contributed by atoms with Crippen molar-refractivity contribution in [2.24, 2.45) is 0 Å². The van der Waals surface area contributed by atoms with Crippen LogP contribution in [-0.2, 0) is 24.3 Å². The molecule has 2 amide bonds. The number of thiophene rings is 1. The normalized spacial score (nSPS) is 13.3. The smallest absolute Gasteiger partial charge is 0.261 e. The van der Waals surface area contributed by atoms with Gasteiger partial charge in [0.1, 0.15) is 5.75 Å². The Morgan fingerprint density at radius 3 is 2.71 bits per heavy atom. The Morgan fingerprint density at radius 1 is 1.29 bits per heavy atom. The number of fused-ring (bicyclic) bond motifs is 1. The van der Waals surface area contributed by atoms with Crippen LogP contribution in [0.25, 0.3) is 0 Å². The van der Waals surface area contributed by atoms with E-state index in [9.17, 15) is 9.59 Å². The van der Waals surface area contributed by atoms with Crippen molar-refractivity contribution in [1.82, 2.24) is 10.2 Å². The minimum atomic E-state index is -0.0698. The number of ether oxygens (including phenoxy) is 1. The van der Waals surface area contributed by atoms with Crippen LogP contribution in [0, 0.1) is 0 Å². The van der Waals surface area contributed by atoms with Crippen LogP contribution in [0.1, 0.15) is 32.6 Å². The minimum absolute atomic E-state index is 0.0698. The van der Waals surface area contributed by atoms with Crippen LogP contribution >= 0.6 is 11.3 Å². The van der Waals surface area contributed by atoms with Crippen molar-refractivity contribution in [3.63, 3.8) is 0 Å². The highest BCUT2D eigenvalue weighted by molar-refractivity contribution is 7.14. The summed E-state index contributed by atoms with van der Waals surface area (Å²) >= 11 is 1.53. The maximum Gasteiger partial charge on any atom is 0.261 e. The molecule has 0 unspecified atom stereocenters. The Balaban J connectivity index is 1.62. The van der Waals surface area contributed by atoms with Crippen molar-refractivity contribution in [1.29, 1.82) is 0 Å². The zero-order chi connectivity index (χ0) is 17.1. The summed E-state index contributed by atoms with van der Waals surface area (Å²) in [7, 11) is 1.63. The molecule has 24 heavy (non-hydrogen) atoms. The highest BCUT2D eigenvalue weighted by Gasteiger charge is 2.22. The highest BCUT2D eigenvalue weighted by atomic mass is 32.1. The molecule has 0 spiro atoms. The maximum absolute atomic E-state index is 12.4. The molecule has 5 nitrogen and oxygen atoms in total. The first kappa shape index (κ1) is 16.5. The van der Waals surface area contributed by atoms with Crippen LogP contribution in [0.4, 0.5) is 0 Å². The third-order valence-corrected chi connectivity index (χ3v) is 5.38. The number of carbonyl (C=O) groups excluding carboxylic acids is 2. The van der Waals surface area contributed by atoms with Gasteiger partial charge in [-0.25, -0.2) is 0 Å². The number of benzene rings is 1. The zero-order valence-corrected chi connectivity index (χ0v) is 14.6. The van der Waals surface area contributed by atoms with Gasteiger partial charge in [0, 0.05) is 31.4 Å². The Labute approximate surface area is 145 Å². The molecule has 0 bridgehead atoms. The fraction of sp³-hybridized carbons (Fsp3) is 0.333. The number of nitrogens with one attached hydrogen (secondary N) is 1. The molecule has 2 aromatic rings. The Hall–Kier alpha value is -2.34. The van der Waals surface area contributed by atoms with Gasteiger partial charge in [0.05, 0.1) is 12.0 Å². The largest absolute Gasteiger partial charge is 0.497 e. The van der Waals surface area contributed by atoms with E-state index < -0.39 is 0 Å². The second-order valence-corrected chi connectivity index (χ2v) is 6.92. The van der Waals surface area contributed by atoms with Crippen molar-refractivity contribution in [3.8, 4) is 5.75 Å². The molecule has 0 radical (unpaired) electrons. The predicted octanol–water partition coefficient (Wildman–Crippen LogP) is 2.59. The molecule has 0 aliphatic carbocycles. The average molecular weight is 344 g/mol. The van der Waals surface area contributed by atoms with Gasteiger partial charge >= 0.3 is 0 Å². The van der Waals surface area contributed by atoms with Crippen LogP contribution in [0.15, 0.2) is 30.3 Å². The quantitative estimate of drug-likeness (QED) is 0.927. The fourth-order valence-electron chi connectivity index (χ4n) is 2.73. The first-order valence-electron chi connectivity index (χ1n) is 7.85. The molecular formula is C18H20N2O3S. The first-order valence-corrected chi connectivity index (χ1v) is 8.66. The Bertz CT molecular complexity index is 752. The van der Waals surface area contributed by atoms with Gasteiger partial charge in [0.2, 0.25) is 5.91 Å². The van der Waals surface area contributed by atoms with E-state index in [0.717, 1.165) is 29.8 Å². The van der Waals surface area contributed by atoms with Gasteiger partial charge in [-0.2, -0.15) is 0 Å². The van der Waals surface area contributed by atoms with E-state index in [-0.39, 0.29) is 11.8 Å². The summed E-state index contributed by atoms with van der Waals surface area (Å²) in [6.07, 6.45) is 0.825. The standard InChI is InChI=1S/C18H20N2O3S/c1-12(21)20-8-7-16-14(11-20)9-17(24-16)18(22)19-10-13-3-5-15(23-2)6-4-13/h3-6,9H,7-8,10-11H2,1-2H3,(H,19,22). The summed E-state index contributed by atoms with van der Waals surface area (Å²) in [4.78, 5) is 27.6. The molecule has 0 fully saturated rings. The van der Waals surface area contributed by atoms with Gasteiger partial charge < -0.3 is 15.0 Å². The van der Waals surface area contributed by atoms with Crippen molar-refractivity contribution < 1.29 is 14.3 Å². The van der Waals surface area contributed by atoms with Crippen molar-refractivity contribution in [2.45, 2.75) is 26.4 Å². The number of nitrogens with zero attached hydrogens (tertiary/aromatic N) is 1. The van der Waals surface area contributed by atoms with Gasteiger partial charge in [0.15, 0.2) is 0 Å². The SMILES string of the molecule is COc1ccc(CNC(=O)c2cc3c(s2)CCN(C(C)=O)C3)cc1. The van der Waals surface area contributed by atoms with E-state index >= 15 is 0 Å². The number of carbonyl (C=O) groups is 2. The van der Waals surface area contributed by atoms with Crippen molar-refractivity contribution in [2.75, 3.05) is 13.7 Å². The molecule has 6 heteroatoms. The van der Waals surface area contributed by atoms with E-state index in [0.29, 0.717) is 18.0 Å². The molecule has 0 saturated carbocycles. The topological polar surface area (TPSA) is 58.6 Å². The van der Waals surface area contributed by atoms with E-state index in [1.165, 1.54) is 16.2 Å². The van der Waals surface area contributed by atoms with Crippen molar-refractivity contribution >= 4 is 23.2 Å². The van der Waals surface area contributed by atoms with E-state index in [1.54, 1.807) is 14.0 Å². The number of hydrogen-bond donors (Lipinski definition) is 1. The van der Waals surface area contributed by atoms with Gasteiger partial charge in [-0.3, -0.25) is 9.59 Å². The summed E-state index contributed by atoms with van der Waals surface area (Å²) in [5.74, 6) is 0.808. The van der Waals surface area contributed by atoms with Gasteiger partial charge in [-0.15, -0.1) is 11.3 Å². The minimum Gasteiger partial charge on any atom is -0.497 e. The lowest BCUT2D eigenvalue weighted by molar-refractivity contribution is -0.129. The molecule has 3 rings (SSSR count). The summed E-state index contributed by atoms with van der Waals surface area (Å²) in [6, 6.07) is 9.54. The van der Waals surface area contributed by atoms with Crippen molar-refractivity contribution in [3.05, 3.63) is 51.2 Å². The number of methoxy groups -OCH3 is 1. The predicted molar refractivity (Wildman–Crippen MR) is 93.3 cm³/mol. The number of hydrogen-bond acceptors (Lipinski definition) is 4. The molecule has 0 saturated heterocycles. The van der Waals surface area contributed by atoms with Crippen LogP contribution in [0.3, 0.4) is 0 Å². The third kappa shape index (κ3) is 3.59. The number of rotatable bonds is 4. The fourth-order valence-corrected chi connectivity index (χ4v) is 3.81. The molecule has 1 aromatic carbocycles. The molecule has 1 N–H and O–H groups in total. The highest BCUT2D eigenvalue weighted by Crippen LogP contribution is 2.28. The monoisotopic (exact) mass is 344 g/mol. The second-order valence-electron chi connectivity index (χ2n) is 5.78. The van der Waals surface area contributed by atoms with Gasteiger partial charge in [-0.05, 0) is 35.7 Å². The summed E-state index contributed by atoms with van der Waals surface area (Å²) in [5.41, 5.74) is 2.12. The molecule has 1 aliphatic heterocycles. The third-order valence-electron chi connectivity index (χ3n) is 4.15. The molecule has 2 heterocycles. The molecule has 1 aliphatic rings. The zero-order valence-electron chi connectivity index (χ0n) is 13.8. The van der Waals surface area contributed by atoms with Crippen LogP contribution < -0.4 is 10.1 Å². The second kappa shape index (κ2) is 7.05. The first-order chi connectivity index (χ1) is 11.6. The van der Waals surface area contributed by atoms with Gasteiger partial charge in [0.25, 0.3) is 5.91 Å². The molecule has 0 atom stereocenters. The summed E-state index contributed by atoms with van der Waals surface area (Å²) < 4.78 is 5.12. The Morgan fingerprint density at radius 2 is 2.04 bits per heavy atom. The molecule has 1 aromatic heterocycles. The molecule has 126 valence electrons. The van der Waals surface area contributed by atoms with Crippen LogP contribution in [0.5, 0.6) is 5.75 Å². The van der Waals surface area contributed by atoms with Crippen LogP contribution in [0.2, 0.25) is 0 Å². The summed E-state index contributed by atoms with van der Waals surface area (Å²) in [5, 5.41) is 2.95. The molecular weight excluding hydrogens is 324 g/mol. The van der Waals surface area contributed by atoms with E-state index in [2.05, 4.69) is 5.32 Å². The lowest BCUT2D eigenvalue weighted by Crippen LogP contribution is -2.33.